The first-order valence-corrected chi connectivity index (χ1v) is 10.3. The predicted molar refractivity (Wildman–Crippen MR) is 107 cm³/mol. The summed E-state index contributed by atoms with van der Waals surface area (Å²) >= 11 is 0. The molecule has 0 radical (unpaired) electrons. The molecule has 1 N–H and O–H groups in total. The van der Waals surface area contributed by atoms with E-state index in [1.807, 2.05) is 12.1 Å². The Kier molecular flexibility index (Phi) is 5.74. The maximum atomic E-state index is 12.5. The average molecular weight is 370 g/mol. The van der Waals surface area contributed by atoms with Gasteiger partial charge < -0.3 is 14.6 Å². The fraction of sp³-hybridized carbons (Fsp3) is 0.619. The molecule has 6 nitrogen and oxygen atoms in total. The molecule has 0 spiro atoms. The Hall–Kier alpha value is -1.92. The number of nitrogens with zero attached hydrogens (tertiary/aromatic N) is 3. The highest BCUT2D eigenvalue weighted by Gasteiger charge is 2.22. The quantitative estimate of drug-likeness (QED) is 0.792. The van der Waals surface area contributed by atoms with Crippen LogP contribution in [0, 0.1) is 5.92 Å². The van der Waals surface area contributed by atoms with E-state index in [9.17, 15) is 4.79 Å². The molecule has 0 unspecified atom stereocenters. The molecular formula is C21H30N4O2. The maximum absolute atomic E-state index is 12.5. The van der Waals surface area contributed by atoms with Gasteiger partial charge in [0.25, 0.3) is 0 Å². The molecule has 1 aromatic heterocycles. The number of anilines is 1. The van der Waals surface area contributed by atoms with E-state index in [-0.39, 0.29) is 11.8 Å². The molecule has 0 atom stereocenters. The number of hydrogen-bond donors (Lipinski definition) is 1. The molecule has 1 aliphatic heterocycles. The number of fused-ring (bicyclic) bond motifs is 3. The number of rotatable bonds is 6. The first-order valence-electron chi connectivity index (χ1n) is 10.3. The highest BCUT2D eigenvalue weighted by Crippen LogP contribution is 2.27. The normalized spacial score (nSPS) is 18.6. The number of ether oxygens (including phenoxy) is 1. The summed E-state index contributed by atoms with van der Waals surface area (Å²) in [6.07, 6.45) is 6.70. The Morgan fingerprint density at radius 1 is 1.26 bits per heavy atom. The van der Waals surface area contributed by atoms with Gasteiger partial charge >= 0.3 is 0 Å². The smallest absolute Gasteiger partial charge is 0.227 e. The van der Waals surface area contributed by atoms with Crippen LogP contribution in [0.5, 0.6) is 0 Å². The second kappa shape index (κ2) is 8.40. The third-order valence-electron chi connectivity index (χ3n) is 5.90. The first-order chi connectivity index (χ1) is 13.2. The van der Waals surface area contributed by atoms with Crippen molar-refractivity contribution in [2.24, 2.45) is 5.92 Å². The standard InChI is InChI=1S/C21H30N4O2/c1-27-13-5-10-24-11-12-25-19-9-8-17(14-18(19)23-20(25)15-24)22-21(26)16-6-3-2-4-7-16/h8-9,14,16H,2-7,10-13,15H2,1H3,(H,22,26). The largest absolute Gasteiger partial charge is 0.385 e. The minimum Gasteiger partial charge on any atom is -0.385 e. The Labute approximate surface area is 160 Å². The van der Waals surface area contributed by atoms with E-state index in [2.05, 4.69) is 20.9 Å². The van der Waals surface area contributed by atoms with E-state index in [0.29, 0.717) is 0 Å². The summed E-state index contributed by atoms with van der Waals surface area (Å²) in [6.45, 7) is 4.73. The zero-order valence-electron chi connectivity index (χ0n) is 16.2. The molecule has 27 heavy (non-hydrogen) atoms. The van der Waals surface area contributed by atoms with Gasteiger partial charge in [-0.3, -0.25) is 9.69 Å². The molecule has 1 aromatic carbocycles. The topological polar surface area (TPSA) is 59.4 Å². The van der Waals surface area contributed by atoms with Gasteiger partial charge in [0.1, 0.15) is 5.82 Å². The summed E-state index contributed by atoms with van der Waals surface area (Å²) in [6, 6.07) is 6.14. The van der Waals surface area contributed by atoms with Gasteiger partial charge in [-0.15, -0.1) is 0 Å². The Balaban J connectivity index is 1.45. The number of benzene rings is 1. The number of aromatic nitrogens is 2. The van der Waals surface area contributed by atoms with E-state index in [1.165, 1.54) is 19.3 Å². The van der Waals surface area contributed by atoms with Crippen LogP contribution >= 0.6 is 0 Å². The van der Waals surface area contributed by atoms with E-state index < -0.39 is 0 Å². The molecule has 2 heterocycles. The van der Waals surface area contributed by atoms with Crippen molar-refractivity contribution in [3.8, 4) is 0 Å². The second-order valence-electron chi connectivity index (χ2n) is 7.83. The zero-order chi connectivity index (χ0) is 18.6. The summed E-state index contributed by atoms with van der Waals surface area (Å²) in [7, 11) is 1.75. The second-order valence-corrected chi connectivity index (χ2v) is 7.83. The van der Waals surface area contributed by atoms with Crippen molar-refractivity contribution >= 4 is 22.6 Å². The highest BCUT2D eigenvalue weighted by molar-refractivity contribution is 5.94. The minimum atomic E-state index is 0.169. The fourth-order valence-corrected chi connectivity index (χ4v) is 4.38. The monoisotopic (exact) mass is 370 g/mol. The number of methoxy groups -OCH3 is 1. The van der Waals surface area contributed by atoms with E-state index >= 15 is 0 Å². The molecule has 1 aliphatic carbocycles. The summed E-state index contributed by atoms with van der Waals surface area (Å²) in [5.74, 6) is 1.46. The molecule has 2 aromatic rings. The zero-order valence-corrected chi connectivity index (χ0v) is 16.2. The molecular weight excluding hydrogens is 340 g/mol. The number of imidazole rings is 1. The van der Waals surface area contributed by atoms with Crippen LogP contribution in [0.1, 0.15) is 44.3 Å². The van der Waals surface area contributed by atoms with Gasteiger partial charge in [0.05, 0.1) is 17.6 Å². The number of amides is 1. The Morgan fingerprint density at radius 3 is 2.93 bits per heavy atom. The van der Waals surface area contributed by atoms with Crippen LogP contribution < -0.4 is 5.32 Å². The van der Waals surface area contributed by atoms with Gasteiger partial charge in [-0.25, -0.2) is 4.98 Å². The lowest BCUT2D eigenvalue weighted by Gasteiger charge is -2.27. The van der Waals surface area contributed by atoms with Crippen molar-refractivity contribution in [1.82, 2.24) is 14.5 Å². The number of hydrogen-bond acceptors (Lipinski definition) is 4. The van der Waals surface area contributed by atoms with Gasteiger partial charge in [-0.1, -0.05) is 19.3 Å². The molecule has 146 valence electrons. The Bertz CT molecular complexity index is 795. The number of carbonyl (C=O) groups excluding carboxylic acids is 1. The van der Waals surface area contributed by atoms with Gasteiger partial charge in [-0.2, -0.15) is 0 Å². The van der Waals surface area contributed by atoms with Crippen LogP contribution in [0.15, 0.2) is 18.2 Å². The first kappa shape index (κ1) is 18.4. The van der Waals surface area contributed by atoms with E-state index in [0.717, 1.165) is 74.6 Å². The third kappa shape index (κ3) is 4.17. The lowest BCUT2D eigenvalue weighted by atomic mass is 9.88. The van der Waals surface area contributed by atoms with Gasteiger partial charge in [0, 0.05) is 45.0 Å². The minimum absolute atomic E-state index is 0.169. The van der Waals surface area contributed by atoms with Crippen molar-refractivity contribution in [1.29, 1.82) is 0 Å². The van der Waals surface area contributed by atoms with Gasteiger partial charge in [-0.05, 0) is 37.5 Å². The van der Waals surface area contributed by atoms with Gasteiger partial charge in [0.15, 0.2) is 0 Å². The maximum Gasteiger partial charge on any atom is 0.227 e. The fourth-order valence-electron chi connectivity index (χ4n) is 4.38. The van der Waals surface area contributed by atoms with Crippen LogP contribution in [0.2, 0.25) is 0 Å². The molecule has 1 saturated carbocycles. The van der Waals surface area contributed by atoms with Crippen LogP contribution in [0.25, 0.3) is 11.0 Å². The van der Waals surface area contributed by atoms with Crippen LogP contribution in [0.3, 0.4) is 0 Å². The molecule has 0 bridgehead atoms. The van der Waals surface area contributed by atoms with Crippen LogP contribution in [-0.2, 0) is 22.6 Å². The van der Waals surface area contributed by atoms with E-state index in [1.54, 1.807) is 7.11 Å². The van der Waals surface area contributed by atoms with Crippen molar-refractivity contribution in [3.05, 3.63) is 24.0 Å². The molecule has 1 fully saturated rings. The third-order valence-corrected chi connectivity index (χ3v) is 5.90. The number of carbonyl (C=O) groups is 1. The highest BCUT2D eigenvalue weighted by atomic mass is 16.5. The van der Waals surface area contributed by atoms with Crippen LogP contribution in [-0.4, -0.2) is 47.2 Å². The SMILES string of the molecule is COCCCN1CCn2c(nc3cc(NC(=O)C4CCCCC4)ccc32)C1. The van der Waals surface area contributed by atoms with Crippen molar-refractivity contribution in [2.45, 2.75) is 51.6 Å². The molecule has 1 amide bonds. The van der Waals surface area contributed by atoms with E-state index in [4.69, 9.17) is 9.72 Å². The summed E-state index contributed by atoms with van der Waals surface area (Å²) in [5.41, 5.74) is 3.01. The predicted octanol–water partition coefficient (Wildman–Crippen LogP) is 3.41. The number of nitrogens with one attached hydrogen (secondary N) is 1. The van der Waals surface area contributed by atoms with Crippen molar-refractivity contribution in [2.75, 3.05) is 32.1 Å². The molecule has 4 rings (SSSR count). The van der Waals surface area contributed by atoms with Gasteiger partial charge in [0.2, 0.25) is 5.91 Å². The lowest BCUT2D eigenvalue weighted by molar-refractivity contribution is -0.120. The molecule has 2 aliphatic rings. The van der Waals surface area contributed by atoms with Crippen LogP contribution in [0.4, 0.5) is 5.69 Å². The average Bonchev–Trinajstić information content (AvgIpc) is 3.05. The van der Waals surface area contributed by atoms with Crippen molar-refractivity contribution in [3.63, 3.8) is 0 Å². The summed E-state index contributed by atoms with van der Waals surface area (Å²) < 4.78 is 7.47. The lowest BCUT2D eigenvalue weighted by Crippen LogP contribution is -2.34. The Morgan fingerprint density at radius 2 is 2.11 bits per heavy atom. The van der Waals surface area contributed by atoms with Crippen molar-refractivity contribution < 1.29 is 9.53 Å². The summed E-state index contributed by atoms with van der Waals surface area (Å²) in [5, 5.41) is 3.11. The summed E-state index contributed by atoms with van der Waals surface area (Å²) in [4.78, 5) is 19.8. The molecule has 0 saturated heterocycles. The molecule has 6 heteroatoms.